The van der Waals surface area contributed by atoms with Gasteiger partial charge in [0.25, 0.3) is 0 Å². The highest BCUT2D eigenvalue weighted by atomic mass is 19.1. The van der Waals surface area contributed by atoms with Crippen LogP contribution in [-0.2, 0) is 6.54 Å². The number of hydrogen-bond donors (Lipinski definition) is 1. The first-order chi connectivity index (χ1) is 8.94. The Kier molecular flexibility index (Phi) is 2.90. The Labute approximate surface area is 113 Å². The lowest BCUT2D eigenvalue weighted by Crippen LogP contribution is -2.40. The molecule has 19 heavy (non-hydrogen) atoms. The van der Waals surface area contributed by atoms with E-state index >= 15 is 0 Å². The molecule has 0 spiro atoms. The number of rotatable bonds is 2. The molecule has 0 saturated carbocycles. The average Bonchev–Trinajstić information content (AvgIpc) is 2.64. The van der Waals surface area contributed by atoms with E-state index in [0.717, 1.165) is 13.1 Å². The Hall–Kier alpha value is -1.35. The fourth-order valence-electron chi connectivity index (χ4n) is 3.33. The van der Waals surface area contributed by atoms with E-state index < -0.39 is 5.67 Å². The van der Waals surface area contributed by atoms with E-state index in [1.807, 2.05) is 0 Å². The Bertz CT molecular complexity index is 594. The van der Waals surface area contributed by atoms with Crippen molar-refractivity contribution in [3.05, 3.63) is 35.5 Å². The maximum Gasteiger partial charge on any atom is 0.118 e. The number of alkyl halides is 1. The van der Waals surface area contributed by atoms with Gasteiger partial charge in [-0.3, -0.25) is 4.90 Å². The van der Waals surface area contributed by atoms with Crippen molar-refractivity contribution in [3.63, 3.8) is 0 Å². The molecular weight excluding hydrogens is 239 g/mol. The lowest BCUT2D eigenvalue weighted by atomic mass is 9.93. The number of hydrogen-bond acceptors (Lipinski definition) is 1. The summed E-state index contributed by atoms with van der Waals surface area (Å²) in [6.07, 6.45) is 0. The normalized spacial score (nSPS) is 20.7. The van der Waals surface area contributed by atoms with E-state index in [9.17, 15) is 4.39 Å². The molecule has 1 aliphatic heterocycles. The summed E-state index contributed by atoms with van der Waals surface area (Å²) < 4.78 is 13.8. The summed E-state index contributed by atoms with van der Waals surface area (Å²) in [5.74, 6) is 0.447. The van der Waals surface area contributed by atoms with Crippen LogP contribution in [0.1, 0.15) is 37.9 Å². The van der Waals surface area contributed by atoms with Crippen LogP contribution in [0.3, 0.4) is 0 Å². The van der Waals surface area contributed by atoms with E-state index in [-0.39, 0.29) is 0 Å². The number of benzene rings is 1. The molecule has 1 aromatic heterocycles. The molecule has 2 aromatic rings. The lowest BCUT2D eigenvalue weighted by molar-refractivity contribution is 0.110. The van der Waals surface area contributed by atoms with Gasteiger partial charge in [-0.15, -0.1) is 0 Å². The van der Waals surface area contributed by atoms with Gasteiger partial charge in [-0.25, -0.2) is 4.39 Å². The van der Waals surface area contributed by atoms with Crippen LogP contribution < -0.4 is 0 Å². The van der Waals surface area contributed by atoms with E-state index in [1.54, 1.807) is 13.8 Å². The quantitative estimate of drug-likeness (QED) is 0.869. The molecule has 0 fully saturated rings. The summed E-state index contributed by atoms with van der Waals surface area (Å²) in [4.78, 5) is 5.71. The molecule has 0 amide bonds. The minimum atomic E-state index is -1.14. The third kappa shape index (κ3) is 2.39. The van der Waals surface area contributed by atoms with Gasteiger partial charge < -0.3 is 4.98 Å². The number of aromatic nitrogens is 1. The Morgan fingerprint density at radius 1 is 1.37 bits per heavy atom. The molecule has 1 N–H and O–H groups in total. The number of halogens is 1. The van der Waals surface area contributed by atoms with Crippen molar-refractivity contribution in [2.45, 2.75) is 38.9 Å². The smallest absolute Gasteiger partial charge is 0.118 e. The zero-order valence-electron chi connectivity index (χ0n) is 11.8. The van der Waals surface area contributed by atoms with Crippen molar-refractivity contribution in [3.8, 4) is 0 Å². The molecule has 102 valence electrons. The number of nitrogens with one attached hydrogen (secondary N) is 1. The molecule has 2 heterocycles. The summed E-state index contributed by atoms with van der Waals surface area (Å²) in [6.45, 7) is 7.78. The Balaban J connectivity index is 1.96. The number of H-pyrrole nitrogens is 1. The van der Waals surface area contributed by atoms with Gasteiger partial charge in [-0.2, -0.15) is 0 Å². The van der Waals surface area contributed by atoms with E-state index in [1.165, 1.54) is 22.2 Å². The second-order valence-electron chi connectivity index (χ2n) is 6.35. The van der Waals surface area contributed by atoms with Crippen LogP contribution in [-0.4, -0.2) is 28.6 Å². The van der Waals surface area contributed by atoms with Gasteiger partial charge >= 0.3 is 0 Å². The van der Waals surface area contributed by atoms with E-state index in [4.69, 9.17) is 0 Å². The zero-order chi connectivity index (χ0) is 13.6. The molecule has 1 aromatic carbocycles. The first kappa shape index (κ1) is 12.7. The molecule has 1 atom stereocenters. The second kappa shape index (κ2) is 4.34. The summed E-state index contributed by atoms with van der Waals surface area (Å²) >= 11 is 0. The lowest BCUT2D eigenvalue weighted by Gasteiger charge is -2.34. The maximum absolute atomic E-state index is 13.8. The highest BCUT2D eigenvalue weighted by Crippen LogP contribution is 2.34. The SMILES string of the molecule is CC1CN(CC(C)(C)F)Cc2[nH]c3ccccc3c21. The van der Waals surface area contributed by atoms with Crippen LogP contribution in [0, 0.1) is 0 Å². The molecule has 2 nitrogen and oxygen atoms in total. The van der Waals surface area contributed by atoms with E-state index in [0.29, 0.717) is 12.5 Å². The maximum atomic E-state index is 13.8. The molecule has 1 aliphatic rings. The third-order valence-electron chi connectivity index (χ3n) is 3.83. The largest absolute Gasteiger partial charge is 0.357 e. The highest BCUT2D eigenvalue weighted by Gasteiger charge is 2.29. The molecule has 3 rings (SSSR count). The number of para-hydroxylation sites is 1. The van der Waals surface area contributed by atoms with Crippen LogP contribution in [0.15, 0.2) is 24.3 Å². The standard InChI is InChI=1S/C16H21FN2/c1-11-8-19(10-16(2,3)17)9-14-15(11)12-6-4-5-7-13(12)18-14/h4-7,11,18H,8-10H2,1-3H3. The van der Waals surface area contributed by atoms with Gasteiger partial charge in [0.1, 0.15) is 5.67 Å². The summed E-state index contributed by atoms with van der Waals surface area (Å²) in [6, 6.07) is 8.43. The average molecular weight is 260 g/mol. The van der Waals surface area contributed by atoms with Crippen molar-refractivity contribution in [1.82, 2.24) is 9.88 Å². The summed E-state index contributed by atoms with van der Waals surface area (Å²) in [7, 11) is 0. The van der Waals surface area contributed by atoms with Crippen LogP contribution in [0.2, 0.25) is 0 Å². The van der Waals surface area contributed by atoms with Crippen molar-refractivity contribution in [1.29, 1.82) is 0 Å². The molecule has 0 bridgehead atoms. The third-order valence-corrected chi connectivity index (χ3v) is 3.83. The van der Waals surface area contributed by atoms with Crippen LogP contribution in [0.5, 0.6) is 0 Å². The van der Waals surface area contributed by atoms with Crippen molar-refractivity contribution < 1.29 is 4.39 Å². The Morgan fingerprint density at radius 2 is 2.11 bits per heavy atom. The van der Waals surface area contributed by atoms with Gasteiger partial charge in [0.05, 0.1) is 0 Å². The Morgan fingerprint density at radius 3 is 2.84 bits per heavy atom. The highest BCUT2D eigenvalue weighted by molar-refractivity contribution is 5.85. The minimum Gasteiger partial charge on any atom is -0.357 e. The van der Waals surface area contributed by atoms with Gasteiger partial charge in [-0.05, 0) is 31.4 Å². The minimum absolute atomic E-state index is 0.447. The molecule has 0 aliphatic carbocycles. The predicted molar refractivity (Wildman–Crippen MR) is 77.2 cm³/mol. The monoisotopic (exact) mass is 260 g/mol. The first-order valence-electron chi connectivity index (χ1n) is 6.95. The fraction of sp³-hybridized carbons (Fsp3) is 0.500. The molecule has 1 unspecified atom stereocenters. The van der Waals surface area contributed by atoms with Gasteiger partial charge in [0.15, 0.2) is 0 Å². The summed E-state index contributed by atoms with van der Waals surface area (Å²) in [5.41, 5.74) is 2.73. The fourth-order valence-corrected chi connectivity index (χ4v) is 3.33. The molecule has 0 radical (unpaired) electrons. The van der Waals surface area contributed by atoms with Crippen molar-refractivity contribution >= 4 is 10.9 Å². The molecular formula is C16H21FN2. The zero-order valence-corrected chi connectivity index (χ0v) is 11.8. The first-order valence-corrected chi connectivity index (χ1v) is 6.95. The van der Waals surface area contributed by atoms with Crippen LogP contribution in [0.25, 0.3) is 10.9 Å². The van der Waals surface area contributed by atoms with Gasteiger partial charge in [0, 0.05) is 36.2 Å². The number of fused-ring (bicyclic) bond motifs is 3. The van der Waals surface area contributed by atoms with E-state index in [2.05, 4.69) is 41.1 Å². The molecule has 3 heteroatoms. The van der Waals surface area contributed by atoms with Gasteiger partial charge in [-0.1, -0.05) is 25.1 Å². The van der Waals surface area contributed by atoms with Crippen molar-refractivity contribution in [2.75, 3.05) is 13.1 Å². The topological polar surface area (TPSA) is 19.0 Å². The predicted octanol–water partition coefficient (Wildman–Crippen LogP) is 3.84. The van der Waals surface area contributed by atoms with Crippen LogP contribution >= 0.6 is 0 Å². The molecule has 0 saturated heterocycles. The van der Waals surface area contributed by atoms with Crippen LogP contribution in [0.4, 0.5) is 4.39 Å². The second-order valence-corrected chi connectivity index (χ2v) is 6.35. The van der Waals surface area contributed by atoms with Gasteiger partial charge in [0.2, 0.25) is 0 Å². The number of aromatic amines is 1. The summed E-state index contributed by atoms with van der Waals surface area (Å²) in [5, 5.41) is 1.32. The number of nitrogens with zero attached hydrogens (tertiary/aromatic N) is 1. The van der Waals surface area contributed by atoms with Crippen molar-refractivity contribution in [2.24, 2.45) is 0 Å².